The Morgan fingerprint density at radius 2 is 2.22 bits per heavy atom. The smallest absolute Gasteiger partial charge is 0.249 e. The molecule has 2 atom stereocenters. The Morgan fingerprint density at radius 3 is 3.04 bits per heavy atom. The molecule has 0 aliphatic carbocycles. The maximum absolute atomic E-state index is 13.3. The van der Waals surface area contributed by atoms with Gasteiger partial charge in [0.2, 0.25) is 11.9 Å². The molecule has 1 fully saturated rings. The summed E-state index contributed by atoms with van der Waals surface area (Å²) in [5, 5.41) is 11.2. The van der Waals surface area contributed by atoms with Crippen LogP contribution in [0.4, 0.5) is 10.3 Å². The molecule has 9 heteroatoms. The highest BCUT2D eigenvalue weighted by Crippen LogP contribution is 2.35. The minimum absolute atomic E-state index is 0.146. The topological polar surface area (TPSA) is 86.3 Å². The van der Waals surface area contributed by atoms with Gasteiger partial charge in [-0.3, -0.25) is 14.8 Å². The second-order valence-corrected chi connectivity index (χ2v) is 6.91. The molecule has 0 saturated carbocycles. The van der Waals surface area contributed by atoms with E-state index < -0.39 is 5.82 Å². The molecule has 3 aromatic heterocycles. The van der Waals surface area contributed by atoms with Crippen molar-refractivity contribution in [2.24, 2.45) is 5.92 Å². The van der Waals surface area contributed by atoms with E-state index in [1.54, 1.807) is 6.20 Å². The van der Waals surface area contributed by atoms with Crippen LogP contribution in [-0.2, 0) is 9.53 Å². The van der Waals surface area contributed by atoms with Crippen LogP contribution in [0.25, 0.3) is 5.65 Å². The molecule has 0 unspecified atom stereocenters. The zero-order chi connectivity index (χ0) is 19.0. The average Bonchev–Trinajstić information content (AvgIpc) is 3.27. The summed E-state index contributed by atoms with van der Waals surface area (Å²) in [6.07, 6.45) is 4.06. The third kappa shape index (κ3) is 3.42. The molecule has 3 aromatic rings. The van der Waals surface area contributed by atoms with Gasteiger partial charge in [0.15, 0.2) is 5.65 Å². The van der Waals surface area contributed by atoms with E-state index in [0.717, 1.165) is 12.1 Å². The van der Waals surface area contributed by atoms with E-state index >= 15 is 0 Å². The van der Waals surface area contributed by atoms with Crippen molar-refractivity contribution < 1.29 is 13.9 Å². The number of aromatic nitrogens is 5. The van der Waals surface area contributed by atoms with Crippen LogP contribution in [0.2, 0.25) is 0 Å². The Labute approximate surface area is 155 Å². The fourth-order valence-corrected chi connectivity index (χ4v) is 3.44. The lowest BCUT2D eigenvalue weighted by atomic mass is 9.91. The van der Waals surface area contributed by atoms with E-state index in [1.807, 2.05) is 24.6 Å². The highest BCUT2D eigenvalue weighted by Gasteiger charge is 2.35. The second kappa shape index (κ2) is 7.07. The Balaban J connectivity index is 1.57. The van der Waals surface area contributed by atoms with Gasteiger partial charge in [-0.25, -0.2) is 8.91 Å². The van der Waals surface area contributed by atoms with Crippen LogP contribution in [0.3, 0.4) is 0 Å². The van der Waals surface area contributed by atoms with Crippen molar-refractivity contribution in [2.45, 2.75) is 38.8 Å². The number of carbonyl (C=O) groups excluding carboxylic acids is 1. The molecule has 0 radical (unpaired) electrons. The highest BCUT2D eigenvalue weighted by molar-refractivity contribution is 5.91. The number of amides is 1. The normalized spacial score (nSPS) is 20.3. The molecular weight excluding hydrogens is 351 g/mol. The monoisotopic (exact) mass is 372 g/mol. The lowest BCUT2D eigenvalue weighted by molar-refractivity contribution is -0.129. The van der Waals surface area contributed by atoms with Gasteiger partial charge < -0.3 is 4.74 Å². The first-order chi connectivity index (χ1) is 13.0. The van der Waals surface area contributed by atoms with Gasteiger partial charge in [-0.2, -0.15) is 10.1 Å². The number of hydrogen-bond donors (Lipinski definition) is 1. The molecule has 1 amide bonds. The van der Waals surface area contributed by atoms with E-state index in [9.17, 15) is 9.18 Å². The summed E-state index contributed by atoms with van der Waals surface area (Å²) < 4.78 is 22.4. The zero-order valence-electron chi connectivity index (χ0n) is 15.2. The summed E-state index contributed by atoms with van der Waals surface area (Å²) in [6, 6.07) is 4.86. The molecule has 1 aliphatic rings. The number of carbonyl (C=O) groups is 1. The van der Waals surface area contributed by atoms with Crippen molar-refractivity contribution in [3.63, 3.8) is 0 Å². The summed E-state index contributed by atoms with van der Waals surface area (Å²) in [5.74, 6) is -0.871. The second-order valence-electron chi connectivity index (χ2n) is 6.91. The Kier molecular flexibility index (Phi) is 4.61. The minimum Gasteiger partial charge on any atom is -0.371 e. The first kappa shape index (κ1) is 17.6. The van der Waals surface area contributed by atoms with Crippen LogP contribution in [0.15, 0.2) is 30.6 Å². The van der Waals surface area contributed by atoms with Crippen molar-refractivity contribution in [3.8, 4) is 0 Å². The minimum atomic E-state index is -0.423. The number of pyridine rings is 1. The first-order valence-corrected chi connectivity index (χ1v) is 9.01. The zero-order valence-corrected chi connectivity index (χ0v) is 15.2. The van der Waals surface area contributed by atoms with Crippen LogP contribution in [-0.4, -0.2) is 36.9 Å². The van der Waals surface area contributed by atoms with Gasteiger partial charge in [0.25, 0.3) is 0 Å². The summed E-state index contributed by atoms with van der Waals surface area (Å²) in [7, 11) is 0. The number of hydrogen-bond acceptors (Lipinski definition) is 5. The Morgan fingerprint density at radius 1 is 1.37 bits per heavy atom. The molecule has 27 heavy (non-hydrogen) atoms. The Hall–Kier alpha value is -2.81. The number of fused-ring (bicyclic) bond motifs is 1. The largest absolute Gasteiger partial charge is 0.371 e. The molecule has 1 aliphatic heterocycles. The maximum Gasteiger partial charge on any atom is 0.249 e. The molecule has 0 spiro atoms. The number of anilines is 1. The van der Waals surface area contributed by atoms with Crippen LogP contribution in [0.5, 0.6) is 0 Å². The molecular formula is C18H21FN6O2. The van der Waals surface area contributed by atoms with E-state index in [0.29, 0.717) is 18.7 Å². The maximum atomic E-state index is 13.3. The van der Waals surface area contributed by atoms with Crippen LogP contribution < -0.4 is 5.32 Å². The van der Waals surface area contributed by atoms with Crippen LogP contribution in [0, 0.1) is 11.7 Å². The quantitative estimate of drug-likeness (QED) is 0.761. The SMILES string of the molecule is CC(C)n1nccc1[C@@H]1OCCC[C@H]1C(=O)Nc1nc2ccc(F)cn2n1. The van der Waals surface area contributed by atoms with Gasteiger partial charge in [0, 0.05) is 18.8 Å². The number of nitrogens with one attached hydrogen (secondary N) is 1. The van der Waals surface area contributed by atoms with Gasteiger partial charge in [0.05, 0.1) is 17.8 Å². The molecule has 4 rings (SSSR count). The molecule has 8 nitrogen and oxygen atoms in total. The lowest BCUT2D eigenvalue weighted by Crippen LogP contribution is -2.34. The van der Waals surface area contributed by atoms with Gasteiger partial charge in [-0.1, -0.05) is 0 Å². The lowest BCUT2D eigenvalue weighted by Gasteiger charge is -2.31. The highest BCUT2D eigenvalue weighted by atomic mass is 19.1. The van der Waals surface area contributed by atoms with E-state index in [2.05, 4.69) is 20.5 Å². The predicted molar refractivity (Wildman–Crippen MR) is 95.6 cm³/mol. The van der Waals surface area contributed by atoms with Gasteiger partial charge >= 0.3 is 0 Å². The third-order valence-electron chi connectivity index (χ3n) is 4.67. The summed E-state index contributed by atoms with van der Waals surface area (Å²) >= 11 is 0. The van der Waals surface area contributed by atoms with Crippen molar-refractivity contribution in [3.05, 3.63) is 42.1 Å². The predicted octanol–water partition coefficient (Wildman–Crippen LogP) is 2.75. The van der Waals surface area contributed by atoms with Crippen molar-refractivity contribution in [1.29, 1.82) is 0 Å². The molecule has 1 N–H and O–H groups in total. The molecule has 4 heterocycles. The van der Waals surface area contributed by atoms with E-state index in [-0.39, 0.29) is 29.9 Å². The van der Waals surface area contributed by atoms with Crippen LogP contribution >= 0.6 is 0 Å². The van der Waals surface area contributed by atoms with Crippen molar-refractivity contribution in [2.75, 3.05) is 11.9 Å². The van der Waals surface area contributed by atoms with E-state index in [4.69, 9.17) is 4.74 Å². The number of ether oxygens (including phenoxy) is 1. The number of rotatable bonds is 4. The molecule has 0 aromatic carbocycles. The Bertz CT molecular complexity index is 966. The fraction of sp³-hybridized carbons (Fsp3) is 0.444. The molecule has 1 saturated heterocycles. The number of nitrogens with zero attached hydrogens (tertiary/aromatic N) is 5. The standard InChI is InChI=1S/C18H21FN6O2/c1-11(2)25-14(7-8-20-25)16-13(4-3-9-27-16)17(26)22-18-21-15-6-5-12(19)10-24(15)23-18/h5-8,10-11,13,16H,3-4,9H2,1-2H3,(H,22,23,26)/t13-,16-/m1/s1. The van der Waals surface area contributed by atoms with Gasteiger partial charge in [-0.05, 0) is 44.9 Å². The number of halogens is 1. The third-order valence-corrected chi connectivity index (χ3v) is 4.67. The molecule has 0 bridgehead atoms. The summed E-state index contributed by atoms with van der Waals surface area (Å²) in [5.41, 5.74) is 1.34. The summed E-state index contributed by atoms with van der Waals surface area (Å²) in [4.78, 5) is 17.1. The van der Waals surface area contributed by atoms with Gasteiger partial charge in [0.1, 0.15) is 11.9 Å². The van der Waals surface area contributed by atoms with Crippen molar-refractivity contribution in [1.82, 2.24) is 24.4 Å². The summed E-state index contributed by atoms with van der Waals surface area (Å²) in [6.45, 7) is 4.67. The molecule has 142 valence electrons. The van der Waals surface area contributed by atoms with Crippen molar-refractivity contribution >= 4 is 17.5 Å². The van der Waals surface area contributed by atoms with E-state index in [1.165, 1.54) is 22.8 Å². The van der Waals surface area contributed by atoms with Gasteiger partial charge in [-0.15, -0.1) is 5.10 Å². The van der Waals surface area contributed by atoms with Crippen LogP contribution in [0.1, 0.15) is 44.5 Å². The first-order valence-electron chi connectivity index (χ1n) is 9.01. The average molecular weight is 372 g/mol. The fourth-order valence-electron chi connectivity index (χ4n) is 3.44.